The fourth-order valence-electron chi connectivity index (χ4n) is 2.87. The molecule has 1 unspecified atom stereocenters. The number of aromatic amines is 1. The lowest BCUT2D eigenvalue weighted by molar-refractivity contribution is 0.0852. The largest absolute Gasteiger partial charge is 0.298 e. The predicted molar refractivity (Wildman–Crippen MR) is 66.6 cm³/mol. The molecule has 0 radical (unpaired) electrons. The van der Waals surface area contributed by atoms with Gasteiger partial charge in [0.15, 0.2) is 0 Å². The van der Waals surface area contributed by atoms with E-state index in [9.17, 15) is 8.42 Å². The highest BCUT2D eigenvalue weighted by atomic mass is 32.2. The van der Waals surface area contributed by atoms with Gasteiger partial charge in [0, 0.05) is 31.9 Å². The molecule has 1 aromatic rings. The lowest BCUT2D eigenvalue weighted by Crippen LogP contribution is -2.56. The molecular weight excluding hydrogens is 252 g/mol. The molecule has 6 nitrogen and oxygen atoms in total. The van der Waals surface area contributed by atoms with E-state index < -0.39 is 10.0 Å². The SMILES string of the molecule is O=S(=O)(c1cn[nH]c1)N1CCN2CCCCC2C1. The van der Waals surface area contributed by atoms with Crippen LogP contribution in [0.5, 0.6) is 0 Å². The second-order valence-corrected chi connectivity index (χ2v) is 6.92. The molecule has 0 aromatic carbocycles. The molecule has 2 aliphatic heterocycles. The number of H-pyrrole nitrogens is 1. The molecule has 18 heavy (non-hydrogen) atoms. The van der Waals surface area contributed by atoms with Gasteiger partial charge in [-0.25, -0.2) is 8.42 Å². The number of aromatic nitrogens is 2. The number of piperidine rings is 1. The van der Waals surface area contributed by atoms with E-state index in [4.69, 9.17) is 0 Å². The minimum atomic E-state index is -3.36. The number of rotatable bonds is 2. The molecule has 3 rings (SSSR count). The molecule has 0 bridgehead atoms. The van der Waals surface area contributed by atoms with Crippen LogP contribution in [0, 0.1) is 0 Å². The molecule has 7 heteroatoms. The molecule has 0 saturated carbocycles. The van der Waals surface area contributed by atoms with Gasteiger partial charge in [0.05, 0.1) is 6.20 Å². The lowest BCUT2D eigenvalue weighted by atomic mass is 10.0. The van der Waals surface area contributed by atoms with E-state index in [2.05, 4.69) is 15.1 Å². The van der Waals surface area contributed by atoms with Crippen molar-refractivity contribution in [1.82, 2.24) is 19.4 Å². The maximum Gasteiger partial charge on any atom is 0.246 e. The summed E-state index contributed by atoms with van der Waals surface area (Å²) in [5, 5.41) is 6.29. The van der Waals surface area contributed by atoms with Crippen molar-refractivity contribution in [2.75, 3.05) is 26.2 Å². The van der Waals surface area contributed by atoms with Crippen LogP contribution >= 0.6 is 0 Å². The van der Waals surface area contributed by atoms with Crippen LogP contribution in [0.25, 0.3) is 0 Å². The third-order valence-corrected chi connectivity index (χ3v) is 5.74. The first-order chi connectivity index (χ1) is 8.68. The summed E-state index contributed by atoms with van der Waals surface area (Å²) in [6.45, 7) is 3.17. The number of fused-ring (bicyclic) bond motifs is 1. The summed E-state index contributed by atoms with van der Waals surface area (Å²) in [7, 11) is -3.36. The first-order valence-corrected chi connectivity index (χ1v) is 7.85. The number of nitrogens with one attached hydrogen (secondary N) is 1. The molecule has 1 aromatic heterocycles. The van der Waals surface area contributed by atoms with E-state index in [1.165, 1.54) is 25.2 Å². The van der Waals surface area contributed by atoms with Gasteiger partial charge in [0.25, 0.3) is 0 Å². The van der Waals surface area contributed by atoms with Crippen molar-refractivity contribution in [1.29, 1.82) is 0 Å². The zero-order valence-corrected chi connectivity index (χ0v) is 11.1. The molecule has 2 aliphatic rings. The monoisotopic (exact) mass is 270 g/mol. The second-order valence-electron chi connectivity index (χ2n) is 4.98. The fraction of sp³-hybridized carbons (Fsp3) is 0.727. The van der Waals surface area contributed by atoms with E-state index in [-0.39, 0.29) is 4.90 Å². The highest BCUT2D eigenvalue weighted by molar-refractivity contribution is 7.89. The van der Waals surface area contributed by atoms with Crippen LogP contribution in [0.4, 0.5) is 0 Å². The van der Waals surface area contributed by atoms with Gasteiger partial charge in [-0.2, -0.15) is 9.40 Å². The Kier molecular flexibility index (Phi) is 3.13. The maximum absolute atomic E-state index is 12.4. The number of sulfonamides is 1. The summed E-state index contributed by atoms with van der Waals surface area (Å²) in [5.74, 6) is 0. The van der Waals surface area contributed by atoms with Crippen molar-refractivity contribution in [3.63, 3.8) is 0 Å². The van der Waals surface area contributed by atoms with Gasteiger partial charge in [-0.05, 0) is 19.4 Å². The summed E-state index contributed by atoms with van der Waals surface area (Å²) in [6, 6.07) is 0.397. The Morgan fingerprint density at radius 1 is 1.28 bits per heavy atom. The molecule has 0 amide bonds. The molecule has 100 valence electrons. The van der Waals surface area contributed by atoms with Gasteiger partial charge in [-0.3, -0.25) is 10.00 Å². The Morgan fingerprint density at radius 3 is 2.94 bits per heavy atom. The molecule has 2 fully saturated rings. The van der Waals surface area contributed by atoms with Crippen LogP contribution in [0.1, 0.15) is 19.3 Å². The Labute approximate surface area is 107 Å². The predicted octanol–water partition coefficient (Wildman–Crippen LogP) is 0.269. The van der Waals surface area contributed by atoms with Crippen molar-refractivity contribution in [3.05, 3.63) is 12.4 Å². The zero-order chi connectivity index (χ0) is 12.6. The van der Waals surface area contributed by atoms with Gasteiger partial charge >= 0.3 is 0 Å². The average Bonchev–Trinajstić information content (AvgIpc) is 2.92. The first kappa shape index (κ1) is 12.1. The summed E-state index contributed by atoms with van der Waals surface area (Å²) in [4.78, 5) is 2.69. The van der Waals surface area contributed by atoms with E-state index >= 15 is 0 Å². The normalized spacial score (nSPS) is 27.0. The maximum atomic E-state index is 12.4. The van der Waals surface area contributed by atoms with Crippen molar-refractivity contribution >= 4 is 10.0 Å². The van der Waals surface area contributed by atoms with Crippen LogP contribution in [0.2, 0.25) is 0 Å². The van der Waals surface area contributed by atoms with E-state index in [0.717, 1.165) is 19.5 Å². The van der Waals surface area contributed by atoms with E-state index in [0.29, 0.717) is 19.1 Å². The van der Waals surface area contributed by atoms with Gasteiger partial charge in [-0.1, -0.05) is 6.42 Å². The van der Waals surface area contributed by atoms with Gasteiger partial charge in [0.2, 0.25) is 10.0 Å². The van der Waals surface area contributed by atoms with Gasteiger partial charge in [-0.15, -0.1) is 0 Å². The van der Waals surface area contributed by atoms with Gasteiger partial charge < -0.3 is 0 Å². The van der Waals surface area contributed by atoms with Crippen LogP contribution < -0.4 is 0 Å². The fourth-order valence-corrected chi connectivity index (χ4v) is 4.25. The summed E-state index contributed by atoms with van der Waals surface area (Å²) < 4.78 is 26.3. The smallest absolute Gasteiger partial charge is 0.246 e. The van der Waals surface area contributed by atoms with Crippen molar-refractivity contribution in [3.8, 4) is 0 Å². The van der Waals surface area contributed by atoms with E-state index in [1.807, 2.05) is 0 Å². The molecule has 1 N–H and O–H groups in total. The lowest BCUT2D eigenvalue weighted by Gasteiger charge is -2.43. The quantitative estimate of drug-likeness (QED) is 0.837. The van der Waals surface area contributed by atoms with Crippen LogP contribution in [0.15, 0.2) is 17.3 Å². The molecule has 1 atom stereocenters. The molecule has 3 heterocycles. The Balaban J connectivity index is 1.78. The minimum absolute atomic E-state index is 0.270. The van der Waals surface area contributed by atoms with Crippen molar-refractivity contribution in [2.45, 2.75) is 30.2 Å². The standard InChI is InChI=1S/C11H18N4O2S/c16-18(17,11-7-12-13-8-11)15-6-5-14-4-2-1-3-10(14)9-15/h7-8,10H,1-6,9H2,(H,12,13). The van der Waals surface area contributed by atoms with Crippen molar-refractivity contribution in [2.24, 2.45) is 0 Å². The number of hydrogen-bond donors (Lipinski definition) is 1. The van der Waals surface area contributed by atoms with Crippen LogP contribution in [-0.4, -0.2) is 60.0 Å². The Bertz CT molecular complexity index is 499. The van der Waals surface area contributed by atoms with Crippen LogP contribution in [0.3, 0.4) is 0 Å². The average molecular weight is 270 g/mol. The highest BCUT2D eigenvalue weighted by Crippen LogP contribution is 2.24. The minimum Gasteiger partial charge on any atom is -0.298 e. The number of nitrogens with zero attached hydrogens (tertiary/aromatic N) is 3. The Morgan fingerprint density at radius 2 is 2.17 bits per heavy atom. The molecule has 0 spiro atoms. The van der Waals surface area contributed by atoms with Gasteiger partial charge in [0.1, 0.15) is 4.90 Å². The molecule has 0 aliphatic carbocycles. The topological polar surface area (TPSA) is 69.3 Å². The second kappa shape index (κ2) is 4.64. The number of piperazine rings is 1. The zero-order valence-electron chi connectivity index (χ0n) is 10.2. The molecule has 2 saturated heterocycles. The van der Waals surface area contributed by atoms with Crippen LogP contribution in [-0.2, 0) is 10.0 Å². The number of hydrogen-bond acceptors (Lipinski definition) is 4. The Hall–Kier alpha value is -0.920. The third kappa shape index (κ3) is 2.06. The molecular formula is C11H18N4O2S. The van der Waals surface area contributed by atoms with E-state index in [1.54, 1.807) is 4.31 Å². The van der Waals surface area contributed by atoms with Crippen molar-refractivity contribution < 1.29 is 8.42 Å². The summed E-state index contributed by atoms with van der Waals surface area (Å²) in [5.41, 5.74) is 0. The summed E-state index contributed by atoms with van der Waals surface area (Å²) in [6.07, 6.45) is 6.38. The third-order valence-electron chi connectivity index (χ3n) is 3.91. The highest BCUT2D eigenvalue weighted by Gasteiger charge is 2.35. The summed E-state index contributed by atoms with van der Waals surface area (Å²) >= 11 is 0. The first-order valence-electron chi connectivity index (χ1n) is 6.41.